The zero-order valence-corrected chi connectivity index (χ0v) is 19.3. The van der Waals surface area contributed by atoms with Crippen molar-refractivity contribution in [3.63, 3.8) is 0 Å². The van der Waals surface area contributed by atoms with Crippen molar-refractivity contribution in [2.24, 2.45) is 0 Å². The van der Waals surface area contributed by atoms with Gasteiger partial charge in [-0.1, -0.05) is 29.0 Å². The van der Waals surface area contributed by atoms with Gasteiger partial charge >= 0.3 is 5.97 Å². The smallest absolute Gasteiger partial charge is 0.338 e. The lowest BCUT2D eigenvalue weighted by atomic mass is 9.97. The van der Waals surface area contributed by atoms with Crippen LogP contribution in [-0.2, 0) is 11.2 Å². The Morgan fingerprint density at radius 1 is 1.06 bits per heavy atom. The quantitative estimate of drug-likeness (QED) is 0.375. The summed E-state index contributed by atoms with van der Waals surface area (Å²) in [4.78, 5) is 29.0. The zero-order chi connectivity index (χ0) is 22.8. The standard InChI is InChI=1S/C25H24N2O4S/c1-5-30-24(29)17-6-8-20-22(12-17)32-25(26-20)27-23(28)21-9-7-18(31-21)13-19-15(3)10-14(2)11-16(19)4/h6-12H,5,13H2,1-4H3,(H,26,27,28). The molecule has 6 nitrogen and oxygen atoms in total. The van der Waals surface area contributed by atoms with Crippen LogP contribution in [0.4, 0.5) is 5.13 Å². The number of aromatic nitrogens is 1. The monoisotopic (exact) mass is 448 g/mol. The highest BCUT2D eigenvalue weighted by Crippen LogP contribution is 2.28. The maximum Gasteiger partial charge on any atom is 0.338 e. The number of rotatable bonds is 6. The topological polar surface area (TPSA) is 81.4 Å². The fourth-order valence-corrected chi connectivity index (χ4v) is 4.64. The molecule has 4 aromatic rings. The fourth-order valence-electron chi connectivity index (χ4n) is 3.74. The van der Waals surface area contributed by atoms with Gasteiger partial charge in [-0.25, -0.2) is 9.78 Å². The van der Waals surface area contributed by atoms with Gasteiger partial charge in [0.1, 0.15) is 5.76 Å². The van der Waals surface area contributed by atoms with Crippen LogP contribution in [0.5, 0.6) is 0 Å². The normalized spacial score (nSPS) is 11.0. The van der Waals surface area contributed by atoms with Crippen molar-refractivity contribution in [1.29, 1.82) is 0 Å². The Morgan fingerprint density at radius 3 is 2.53 bits per heavy atom. The summed E-state index contributed by atoms with van der Waals surface area (Å²) in [6.45, 7) is 8.34. The van der Waals surface area contributed by atoms with Gasteiger partial charge in [0.15, 0.2) is 10.9 Å². The summed E-state index contributed by atoms with van der Waals surface area (Å²) in [5, 5.41) is 3.23. The van der Waals surface area contributed by atoms with Crippen LogP contribution >= 0.6 is 11.3 Å². The van der Waals surface area contributed by atoms with Crippen LogP contribution in [0.3, 0.4) is 0 Å². The average molecular weight is 449 g/mol. The number of carbonyl (C=O) groups is 2. The number of amides is 1. The van der Waals surface area contributed by atoms with E-state index in [1.807, 2.05) is 6.07 Å². The third-order valence-electron chi connectivity index (χ3n) is 5.20. The number of nitrogens with zero attached hydrogens (tertiary/aromatic N) is 1. The number of esters is 1. The van der Waals surface area contributed by atoms with E-state index in [9.17, 15) is 9.59 Å². The third-order valence-corrected chi connectivity index (χ3v) is 6.13. The van der Waals surface area contributed by atoms with Crippen LogP contribution in [0.1, 0.15) is 55.9 Å². The molecule has 1 N–H and O–H groups in total. The van der Waals surface area contributed by atoms with E-state index in [2.05, 4.69) is 43.2 Å². The lowest BCUT2D eigenvalue weighted by molar-refractivity contribution is 0.0526. The molecule has 0 radical (unpaired) electrons. The van der Waals surface area contributed by atoms with Gasteiger partial charge in [-0.05, 0) is 74.7 Å². The summed E-state index contributed by atoms with van der Waals surface area (Å²) >= 11 is 1.29. The molecule has 0 bridgehead atoms. The molecule has 0 aliphatic rings. The molecule has 2 aromatic heterocycles. The SMILES string of the molecule is CCOC(=O)c1ccc2nc(NC(=O)c3ccc(Cc4c(C)cc(C)cc4C)o3)sc2c1. The van der Waals surface area contributed by atoms with Crippen molar-refractivity contribution < 1.29 is 18.7 Å². The Bertz CT molecular complexity index is 1300. The molecular weight excluding hydrogens is 424 g/mol. The molecule has 2 aromatic carbocycles. The van der Waals surface area contributed by atoms with E-state index >= 15 is 0 Å². The van der Waals surface area contributed by atoms with Crippen molar-refractivity contribution in [3.05, 3.63) is 81.8 Å². The third kappa shape index (κ3) is 4.57. The highest BCUT2D eigenvalue weighted by molar-refractivity contribution is 7.22. The summed E-state index contributed by atoms with van der Waals surface area (Å²) in [6, 6.07) is 12.9. The van der Waals surface area contributed by atoms with E-state index in [0.717, 1.165) is 10.5 Å². The second kappa shape index (κ2) is 8.96. The molecule has 1 amide bonds. The molecule has 32 heavy (non-hydrogen) atoms. The molecule has 7 heteroatoms. The summed E-state index contributed by atoms with van der Waals surface area (Å²) in [6.07, 6.45) is 0.628. The van der Waals surface area contributed by atoms with Crippen LogP contribution in [0.15, 0.2) is 46.9 Å². The molecule has 164 valence electrons. The molecule has 0 saturated heterocycles. The minimum absolute atomic E-state index is 0.230. The van der Waals surface area contributed by atoms with Crippen LogP contribution in [0.2, 0.25) is 0 Å². The first kappa shape index (κ1) is 21.8. The Balaban J connectivity index is 1.48. The first-order valence-corrected chi connectivity index (χ1v) is 11.2. The summed E-state index contributed by atoms with van der Waals surface area (Å²) in [5.41, 5.74) is 6.01. The molecule has 0 aliphatic carbocycles. The molecule has 0 aliphatic heterocycles. The molecule has 2 heterocycles. The van der Waals surface area contributed by atoms with Crippen LogP contribution in [0.25, 0.3) is 10.2 Å². The van der Waals surface area contributed by atoms with Gasteiger partial charge in [0.25, 0.3) is 5.91 Å². The number of aryl methyl sites for hydroxylation is 3. The Hall–Kier alpha value is -3.45. The molecule has 4 rings (SSSR count). The number of benzene rings is 2. The van der Waals surface area contributed by atoms with Crippen LogP contribution < -0.4 is 5.32 Å². The van der Waals surface area contributed by atoms with E-state index in [1.165, 1.54) is 33.6 Å². The summed E-state index contributed by atoms with van der Waals surface area (Å²) in [5.74, 6) is 0.219. The number of anilines is 1. The second-order valence-electron chi connectivity index (χ2n) is 7.70. The molecule has 0 saturated carbocycles. The van der Waals surface area contributed by atoms with Gasteiger partial charge in [0, 0.05) is 6.42 Å². The predicted molar refractivity (Wildman–Crippen MR) is 126 cm³/mol. The maximum absolute atomic E-state index is 12.7. The predicted octanol–water partition coefficient (Wildman–Crippen LogP) is 5.83. The van der Waals surface area contributed by atoms with Gasteiger partial charge in [0.05, 0.1) is 22.4 Å². The largest absolute Gasteiger partial charge is 0.462 e. The van der Waals surface area contributed by atoms with Gasteiger partial charge in [-0.15, -0.1) is 0 Å². The summed E-state index contributed by atoms with van der Waals surface area (Å²) < 4.78 is 11.6. The van der Waals surface area contributed by atoms with Crippen molar-refractivity contribution in [1.82, 2.24) is 4.98 Å². The average Bonchev–Trinajstić information content (AvgIpc) is 3.36. The van der Waals surface area contributed by atoms with Crippen molar-refractivity contribution in [2.45, 2.75) is 34.1 Å². The van der Waals surface area contributed by atoms with Gasteiger partial charge in [-0.3, -0.25) is 10.1 Å². The molecule has 0 spiro atoms. The number of ether oxygens (including phenoxy) is 1. The van der Waals surface area contributed by atoms with Crippen molar-refractivity contribution in [3.8, 4) is 0 Å². The lowest BCUT2D eigenvalue weighted by Crippen LogP contribution is -2.10. The minimum atomic E-state index is -0.379. The van der Waals surface area contributed by atoms with E-state index in [0.29, 0.717) is 29.2 Å². The Morgan fingerprint density at radius 2 is 1.81 bits per heavy atom. The number of furan rings is 1. The first-order chi connectivity index (χ1) is 15.3. The fraction of sp³-hybridized carbons (Fsp3) is 0.240. The van der Waals surface area contributed by atoms with E-state index in [4.69, 9.17) is 9.15 Å². The summed E-state index contributed by atoms with van der Waals surface area (Å²) in [7, 11) is 0. The van der Waals surface area contributed by atoms with Crippen molar-refractivity contribution in [2.75, 3.05) is 11.9 Å². The van der Waals surface area contributed by atoms with E-state index in [1.54, 1.807) is 31.2 Å². The first-order valence-electron chi connectivity index (χ1n) is 10.4. The second-order valence-corrected chi connectivity index (χ2v) is 8.73. The molecular formula is C25H24N2O4S. The number of carbonyl (C=O) groups excluding carboxylic acids is 2. The van der Waals surface area contributed by atoms with Crippen LogP contribution in [0, 0.1) is 20.8 Å². The zero-order valence-electron chi connectivity index (χ0n) is 18.4. The van der Waals surface area contributed by atoms with E-state index in [-0.39, 0.29) is 17.6 Å². The minimum Gasteiger partial charge on any atom is -0.462 e. The number of thiazole rings is 1. The molecule has 0 atom stereocenters. The van der Waals surface area contributed by atoms with Crippen molar-refractivity contribution >= 4 is 38.6 Å². The highest BCUT2D eigenvalue weighted by atomic mass is 32.1. The maximum atomic E-state index is 12.7. The number of hydrogen-bond donors (Lipinski definition) is 1. The number of hydrogen-bond acceptors (Lipinski definition) is 6. The lowest BCUT2D eigenvalue weighted by Gasteiger charge is -2.09. The number of nitrogens with one attached hydrogen (secondary N) is 1. The Labute approximate surface area is 190 Å². The van der Waals surface area contributed by atoms with Gasteiger partial charge in [-0.2, -0.15) is 0 Å². The van der Waals surface area contributed by atoms with Crippen LogP contribution in [-0.4, -0.2) is 23.5 Å². The molecule has 0 unspecified atom stereocenters. The molecule has 0 fully saturated rings. The number of fused-ring (bicyclic) bond motifs is 1. The highest BCUT2D eigenvalue weighted by Gasteiger charge is 2.16. The van der Waals surface area contributed by atoms with E-state index < -0.39 is 0 Å². The van der Waals surface area contributed by atoms with Gasteiger partial charge in [0.2, 0.25) is 0 Å². The van der Waals surface area contributed by atoms with Gasteiger partial charge < -0.3 is 9.15 Å². The Kier molecular flexibility index (Phi) is 6.10.